The molecule has 0 fully saturated rings. The van der Waals surface area contributed by atoms with E-state index in [1.165, 1.54) is 24.1 Å². The number of anilines is 2. The zero-order chi connectivity index (χ0) is 30.9. The van der Waals surface area contributed by atoms with Crippen molar-refractivity contribution in [1.82, 2.24) is 5.32 Å². The second-order valence-electron chi connectivity index (χ2n) is 10.1. The fourth-order valence-corrected chi connectivity index (χ4v) is 5.36. The second-order valence-corrected chi connectivity index (χ2v) is 11.2. The van der Waals surface area contributed by atoms with Gasteiger partial charge < -0.3 is 20.4 Å². The summed E-state index contributed by atoms with van der Waals surface area (Å²) in [5.74, 6) is -0.651. The zero-order valence-corrected chi connectivity index (χ0v) is 25.1. The van der Waals surface area contributed by atoms with Crippen LogP contribution in [-0.2, 0) is 9.59 Å². The number of nitrogens with one attached hydrogen (secondary N) is 3. The molecular formula is C36H31N3O4S. The van der Waals surface area contributed by atoms with Gasteiger partial charge in [-0.3, -0.25) is 14.4 Å². The third-order valence-corrected chi connectivity index (χ3v) is 8.11. The van der Waals surface area contributed by atoms with Crippen LogP contribution < -0.4 is 16.0 Å². The fourth-order valence-electron chi connectivity index (χ4n) is 4.34. The Bertz CT molecular complexity index is 1770. The number of hydrogen-bond donors (Lipinski definition) is 3. The maximum Gasteiger partial charge on any atom is 0.272 e. The minimum atomic E-state index is -0.513. The van der Waals surface area contributed by atoms with Crippen LogP contribution in [-0.4, -0.2) is 17.7 Å². The van der Waals surface area contributed by atoms with Gasteiger partial charge in [0.1, 0.15) is 16.7 Å². The van der Waals surface area contributed by atoms with E-state index < -0.39 is 17.1 Å². The summed E-state index contributed by atoms with van der Waals surface area (Å²) in [6.07, 6.45) is 2.96. The summed E-state index contributed by atoms with van der Waals surface area (Å²) < 4.78 is 5.37. The number of hydrogen-bond acceptors (Lipinski definition) is 5. The average molecular weight is 602 g/mol. The van der Waals surface area contributed by atoms with Crippen molar-refractivity contribution in [3.63, 3.8) is 0 Å². The van der Waals surface area contributed by atoms with Crippen LogP contribution in [0.1, 0.15) is 38.1 Å². The topological polar surface area (TPSA) is 100 Å². The minimum Gasteiger partial charge on any atom is -0.465 e. The Morgan fingerprint density at radius 3 is 2.07 bits per heavy atom. The first-order valence-electron chi connectivity index (χ1n) is 14.0. The van der Waals surface area contributed by atoms with Gasteiger partial charge in [0.05, 0.1) is 6.26 Å². The van der Waals surface area contributed by atoms with Gasteiger partial charge in [-0.1, -0.05) is 54.6 Å². The summed E-state index contributed by atoms with van der Waals surface area (Å²) in [6, 6.07) is 34.7. The highest BCUT2D eigenvalue weighted by Crippen LogP contribution is 2.37. The summed E-state index contributed by atoms with van der Waals surface area (Å²) in [6.45, 7) is 4.05. The number of furan rings is 1. The first-order valence-corrected chi connectivity index (χ1v) is 14.9. The summed E-state index contributed by atoms with van der Waals surface area (Å²) in [5, 5.41) is 8.08. The van der Waals surface area contributed by atoms with E-state index in [1.54, 1.807) is 48.5 Å². The van der Waals surface area contributed by atoms with E-state index in [0.717, 1.165) is 27.3 Å². The Balaban J connectivity index is 1.30. The van der Waals surface area contributed by atoms with E-state index in [-0.39, 0.29) is 11.6 Å². The quantitative estimate of drug-likeness (QED) is 0.112. The van der Waals surface area contributed by atoms with E-state index in [4.69, 9.17) is 4.42 Å². The van der Waals surface area contributed by atoms with E-state index in [2.05, 4.69) is 16.0 Å². The predicted molar refractivity (Wildman–Crippen MR) is 175 cm³/mol. The minimum absolute atomic E-state index is 0.0272. The molecule has 1 unspecified atom stereocenters. The number of benzene rings is 4. The largest absolute Gasteiger partial charge is 0.465 e. The molecule has 3 amide bonds. The Labute approximate surface area is 260 Å². The van der Waals surface area contributed by atoms with E-state index in [0.29, 0.717) is 17.0 Å². The lowest BCUT2D eigenvalue weighted by molar-refractivity contribution is -0.116. The van der Waals surface area contributed by atoms with Crippen molar-refractivity contribution in [2.75, 3.05) is 10.6 Å². The maximum atomic E-state index is 13.5. The average Bonchev–Trinajstić information content (AvgIpc) is 3.56. The van der Waals surface area contributed by atoms with Gasteiger partial charge in [0, 0.05) is 27.9 Å². The molecule has 4 aromatic carbocycles. The smallest absolute Gasteiger partial charge is 0.272 e. The Hall–Kier alpha value is -5.34. The Morgan fingerprint density at radius 1 is 0.727 bits per heavy atom. The molecule has 5 aromatic rings. The molecule has 220 valence electrons. The van der Waals surface area contributed by atoms with Gasteiger partial charge >= 0.3 is 0 Å². The van der Waals surface area contributed by atoms with Crippen LogP contribution >= 0.6 is 11.8 Å². The second kappa shape index (κ2) is 14.2. The van der Waals surface area contributed by atoms with Gasteiger partial charge in [-0.2, -0.15) is 0 Å². The van der Waals surface area contributed by atoms with Crippen LogP contribution in [0, 0.1) is 13.8 Å². The highest BCUT2D eigenvalue weighted by atomic mass is 32.2. The first-order chi connectivity index (χ1) is 21.4. The van der Waals surface area contributed by atoms with Crippen molar-refractivity contribution >= 4 is 46.9 Å². The summed E-state index contributed by atoms with van der Waals surface area (Å²) in [5.41, 5.74) is 4.85. The maximum absolute atomic E-state index is 13.5. The molecule has 0 aliphatic heterocycles. The number of carbonyl (C=O) groups is 3. The first kappa shape index (κ1) is 30.1. The molecular weight excluding hydrogens is 570 g/mol. The van der Waals surface area contributed by atoms with Crippen molar-refractivity contribution in [3.05, 3.63) is 155 Å². The fraction of sp³-hybridized carbons (Fsp3) is 0.0833. The zero-order valence-electron chi connectivity index (χ0n) is 24.2. The lowest BCUT2D eigenvalue weighted by atomic mass is 10.1. The molecule has 0 bridgehead atoms. The van der Waals surface area contributed by atoms with Crippen molar-refractivity contribution in [2.45, 2.75) is 24.0 Å². The van der Waals surface area contributed by atoms with Crippen LogP contribution in [0.4, 0.5) is 11.4 Å². The molecule has 0 saturated heterocycles. The SMILES string of the molecule is Cc1ccc(NC(=O)C(Sc2ccc(NC(=O)/C(=C/c3ccco3)NC(=O)c3ccccc3)cc2)c2ccccc2)cc1C. The molecule has 8 heteroatoms. The molecule has 5 rings (SSSR count). The third kappa shape index (κ3) is 7.93. The molecule has 3 N–H and O–H groups in total. The van der Waals surface area contributed by atoms with E-state index in [1.807, 2.05) is 80.6 Å². The number of amides is 3. The normalized spacial score (nSPS) is 11.8. The van der Waals surface area contributed by atoms with Gasteiger partial charge in [0.15, 0.2) is 0 Å². The number of aryl methyl sites for hydroxylation is 2. The third-order valence-electron chi connectivity index (χ3n) is 6.84. The molecule has 0 aliphatic rings. The molecule has 7 nitrogen and oxygen atoms in total. The van der Waals surface area contributed by atoms with Crippen LogP contribution in [0.15, 0.2) is 137 Å². The number of rotatable bonds is 10. The van der Waals surface area contributed by atoms with Crippen LogP contribution in [0.3, 0.4) is 0 Å². The van der Waals surface area contributed by atoms with Gasteiger partial charge in [0.25, 0.3) is 11.8 Å². The Kier molecular flexibility index (Phi) is 9.74. The molecule has 1 atom stereocenters. The highest BCUT2D eigenvalue weighted by Gasteiger charge is 2.23. The predicted octanol–water partition coefficient (Wildman–Crippen LogP) is 7.78. The molecule has 0 spiro atoms. The Morgan fingerprint density at radius 2 is 1.41 bits per heavy atom. The van der Waals surface area contributed by atoms with Crippen LogP contribution in [0.2, 0.25) is 0 Å². The lowest BCUT2D eigenvalue weighted by Gasteiger charge is -2.18. The monoisotopic (exact) mass is 601 g/mol. The van der Waals surface area contributed by atoms with Gasteiger partial charge in [0.2, 0.25) is 5.91 Å². The van der Waals surface area contributed by atoms with Crippen LogP contribution in [0.5, 0.6) is 0 Å². The van der Waals surface area contributed by atoms with Crippen LogP contribution in [0.25, 0.3) is 6.08 Å². The van der Waals surface area contributed by atoms with Crippen molar-refractivity contribution in [2.24, 2.45) is 0 Å². The number of thioether (sulfide) groups is 1. The molecule has 0 saturated carbocycles. The van der Waals surface area contributed by atoms with Gasteiger partial charge in [-0.05, 0) is 91.2 Å². The van der Waals surface area contributed by atoms with E-state index in [9.17, 15) is 14.4 Å². The molecule has 1 aromatic heterocycles. The summed E-state index contributed by atoms with van der Waals surface area (Å²) in [4.78, 5) is 40.4. The number of carbonyl (C=O) groups excluding carboxylic acids is 3. The summed E-state index contributed by atoms with van der Waals surface area (Å²) in [7, 11) is 0. The van der Waals surface area contributed by atoms with E-state index >= 15 is 0 Å². The standard InChI is InChI=1S/C36H31N3O4S/c1-24-15-16-29(22-25(24)2)38-36(42)33(26-10-5-3-6-11-26)44-31-19-17-28(18-20-31)37-35(41)32(23-30-14-9-21-43-30)39-34(40)27-12-7-4-8-13-27/h3-23,33H,1-2H3,(H,37,41)(H,38,42)(H,39,40)/b32-23-. The van der Waals surface area contributed by atoms with Crippen molar-refractivity contribution in [3.8, 4) is 0 Å². The van der Waals surface area contributed by atoms with Crippen molar-refractivity contribution < 1.29 is 18.8 Å². The summed E-state index contributed by atoms with van der Waals surface area (Å²) >= 11 is 1.41. The van der Waals surface area contributed by atoms with Gasteiger partial charge in [-0.25, -0.2) is 0 Å². The molecule has 44 heavy (non-hydrogen) atoms. The van der Waals surface area contributed by atoms with Crippen molar-refractivity contribution in [1.29, 1.82) is 0 Å². The highest BCUT2D eigenvalue weighted by molar-refractivity contribution is 8.00. The molecule has 0 radical (unpaired) electrons. The molecule has 0 aliphatic carbocycles. The molecule has 1 heterocycles. The van der Waals surface area contributed by atoms with Gasteiger partial charge in [-0.15, -0.1) is 11.8 Å². The lowest BCUT2D eigenvalue weighted by Crippen LogP contribution is -2.30.